The summed E-state index contributed by atoms with van der Waals surface area (Å²) >= 11 is 5.63. The van der Waals surface area contributed by atoms with Gasteiger partial charge in [-0.25, -0.2) is 8.78 Å². The van der Waals surface area contributed by atoms with Crippen LogP contribution in [-0.2, 0) is 5.54 Å². The number of aromatic nitrogens is 1. The normalized spacial score (nSPS) is 30.2. The number of rotatable bonds is 1. The van der Waals surface area contributed by atoms with Crippen LogP contribution in [0.1, 0.15) is 12.1 Å². The summed E-state index contributed by atoms with van der Waals surface area (Å²) in [5, 5.41) is 0.373. The summed E-state index contributed by atoms with van der Waals surface area (Å²) in [5.74, 6) is -2.84. The molecule has 0 radical (unpaired) electrons. The molecule has 2 rings (SSSR count). The third-order valence-corrected chi connectivity index (χ3v) is 2.44. The Balaban J connectivity index is 2.38. The van der Waals surface area contributed by atoms with Gasteiger partial charge in [0.25, 0.3) is 5.92 Å². The molecule has 2 nitrogen and oxygen atoms in total. The van der Waals surface area contributed by atoms with Crippen LogP contribution < -0.4 is 5.73 Å². The molecule has 0 aromatic carbocycles. The minimum atomic E-state index is -2.84. The van der Waals surface area contributed by atoms with E-state index in [1.807, 2.05) is 0 Å². The van der Waals surface area contributed by atoms with Gasteiger partial charge in [-0.15, -0.1) is 0 Å². The van der Waals surface area contributed by atoms with E-state index in [1.165, 1.54) is 18.3 Å². The maximum Gasteiger partial charge on any atom is 0.273 e. The maximum absolute atomic E-state index is 12.8. The Labute approximate surface area is 78.7 Å². The minimum absolute atomic E-state index is 0.157. The summed E-state index contributed by atoms with van der Waals surface area (Å²) in [6.07, 6.45) is 1.02. The lowest BCUT2D eigenvalue weighted by molar-refractivity contribution is 0.0881. The maximum atomic E-state index is 12.8. The lowest BCUT2D eigenvalue weighted by Gasteiger charge is -2.08. The topological polar surface area (TPSA) is 38.9 Å². The Morgan fingerprint density at radius 1 is 1.54 bits per heavy atom. The third kappa shape index (κ3) is 1.21. The van der Waals surface area contributed by atoms with Crippen molar-refractivity contribution < 1.29 is 8.78 Å². The predicted octanol–water partition coefficient (Wildman–Crippen LogP) is 1.93. The highest BCUT2D eigenvalue weighted by molar-refractivity contribution is 6.30. The zero-order valence-corrected chi connectivity index (χ0v) is 7.35. The van der Waals surface area contributed by atoms with Gasteiger partial charge < -0.3 is 5.73 Å². The Hall–Kier alpha value is -0.740. The molecule has 1 atom stereocenters. The molecule has 1 saturated carbocycles. The second kappa shape index (κ2) is 2.39. The van der Waals surface area contributed by atoms with Crippen LogP contribution in [0, 0.1) is 0 Å². The summed E-state index contributed by atoms with van der Waals surface area (Å²) < 4.78 is 25.6. The van der Waals surface area contributed by atoms with Crippen molar-refractivity contribution >= 4 is 11.6 Å². The van der Waals surface area contributed by atoms with Crippen LogP contribution in [0.25, 0.3) is 0 Å². The van der Waals surface area contributed by atoms with Crippen molar-refractivity contribution in [1.29, 1.82) is 0 Å². The van der Waals surface area contributed by atoms with E-state index in [1.54, 1.807) is 0 Å². The van der Waals surface area contributed by atoms with E-state index in [4.69, 9.17) is 17.3 Å². The molecule has 0 saturated heterocycles. The molecule has 0 bridgehead atoms. The van der Waals surface area contributed by atoms with Gasteiger partial charge >= 0.3 is 0 Å². The van der Waals surface area contributed by atoms with E-state index in [-0.39, 0.29) is 12.1 Å². The number of halogens is 3. The van der Waals surface area contributed by atoms with Crippen LogP contribution in [0.2, 0.25) is 5.02 Å². The van der Waals surface area contributed by atoms with Gasteiger partial charge in [0.05, 0.1) is 5.69 Å². The number of hydrogen-bond acceptors (Lipinski definition) is 2. The van der Waals surface area contributed by atoms with Crippen molar-refractivity contribution in [2.24, 2.45) is 5.73 Å². The van der Waals surface area contributed by atoms with E-state index in [2.05, 4.69) is 4.98 Å². The number of nitrogens with two attached hydrogens (primary N) is 1. The van der Waals surface area contributed by atoms with Crippen molar-refractivity contribution in [2.75, 3.05) is 0 Å². The van der Waals surface area contributed by atoms with Crippen molar-refractivity contribution in [2.45, 2.75) is 17.9 Å². The van der Waals surface area contributed by atoms with Crippen molar-refractivity contribution in [3.05, 3.63) is 29.0 Å². The first-order valence-electron chi connectivity index (χ1n) is 3.74. The fraction of sp³-hybridized carbons (Fsp3) is 0.375. The van der Waals surface area contributed by atoms with E-state index in [9.17, 15) is 8.78 Å². The number of nitrogens with zero attached hydrogens (tertiary/aromatic N) is 1. The summed E-state index contributed by atoms with van der Waals surface area (Å²) in [7, 11) is 0. The van der Waals surface area contributed by atoms with Crippen LogP contribution in [0.15, 0.2) is 18.3 Å². The molecule has 70 valence electrons. The first kappa shape index (κ1) is 8.84. The van der Waals surface area contributed by atoms with E-state index < -0.39 is 11.5 Å². The highest BCUT2D eigenvalue weighted by Gasteiger charge is 2.70. The Kier molecular flexibility index (Phi) is 1.63. The number of pyridine rings is 1. The van der Waals surface area contributed by atoms with Crippen molar-refractivity contribution in [1.82, 2.24) is 4.98 Å². The van der Waals surface area contributed by atoms with Gasteiger partial charge in [-0.1, -0.05) is 11.6 Å². The molecule has 0 aliphatic heterocycles. The standard InChI is InChI=1S/C8H7ClF2N2/c9-5-1-2-13-6(3-5)7(12)4-8(7,10)11/h1-3H,4,12H2. The molecule has 0 spiro atoms. The van der Waals surface area contributed by atoms with Gasteiger partial charge in [0.1, 0.15) is 5.54 Å². The Morgan fingerprint density at radius 3 is 2.62 bits per heavy atom. The van der Waals surface area contributed by atoms with Crippen LogP contribution in [0.3, 0.4) is 0 Å². The van der Waals surface area contributed by atoms with Crippen LogP contribution in [0.5, 0.6) is 0 Å². The van der Waals surface area contributed by atoms with Crippen molar-refractivity contribution in [3.63, 3.8) is 0 Å². The van der Waals surface area contributed by atoms with Crippen LogP contribution >= 0.6 is 11.6 Å². The average Bonchev–Trinajstić information content (AvgIpc) is 2.53. The monoisotopic (exact) mass is 204 g/mol. The lowest BCUT2D eigenvalue weighted by Crippen LogP contribution is -2.28. The van der Waals surface area contributed by atoms with Gasteiger partial charge in [-0.05, 0) is 12.1 Å². The second-order valence-corrected chi connectivity index (χ2v) is 3.65. The fourth-order valence-electron chi connectivity index (χ4n) is 1.23. The summed E-state index contributed by atoms with van der Waals surface area (Å²) in [5.41, 5.74) is 4.00. The Bertz CT molecular complexity index is 356. The van der Waals surface area contributed by atoms with Gasteiger partial charge in [0.2, 0.25) is 0 Å². The molecule has 1 aliphatic rings. The smallest absolute Gasteiger partial charge is 0.273 e. The lowest BCUT2D eigenvalue weighted by atomic mass is 10.1. The first-order chi connectivity index (χ1) is 5.96. The molecule has 1 aromatic heterocycles. The molecule has 1 unspecified atom stereocenters. The van der Waals surface area contributed by atoms with Crippen molar-refractivity contribution in [3.8, 4) is 0 Å². The zero-order valence-electron chi connectivity index (χ0n) is 6.60. The molecular weight excluding hydrogens is 198 g/mol. The first-order valence-corrected chi connectivity index (χ1v) is 4.12. The van der Waals surface area contributed by atoms with E-state index in [0.29, 0.717) is 5.02 Å². The van der Waals surface area contributed by atoms with E-state index >= 15 is 0 Å². The summed E-state index contributed by atoms with van der Waals surface area (Å²) in [4.78, 5) is 3.78. The third-order valence-electron chi connectivity index (χ3n) is 2.21. The molecule has 1 fully saturated rings. The molecule has 1 heterocycles. The molecule has 0 amide bonds. The summed E-state index contributed by atoms with van der Waals surface area (Å²) in [6, 6.07) is 2.90. The highest BCUT2D eigenvalue weighted by atomic mass is 35.5. The molecule has 1 aliphatic carbocycles. The number of alkyl halides is 2. The molecule has 5 heteroatoms. The predicted molar refractivity (Wildman–Crippen MR) is 44.7 cm³/mol. The van der Waals surface area contributed by atoms with Gasteiger partial charge in [0.15, 0.2) is 0 Å². The summed E-state index contributed by atoms with van der Waals surface area (Å²) in [6.45, 7) is 0. The SMILES string of the molecule is NC1(c2cc(Cl)ccn2)CC1(F)F. The van der Waals surface area contributed by atoms with Crippen LogP contribution in [0.4, 0.5) is 8.78 Å². The van der Waals surface area contributed by atoms with Crippen LogP contribution in [-0.4, -0.2) is 10.9 Å². The highest BCUT2D eigenvalue weighted by Crippen LogP contribution is 2.57. The van der Waals surface area contributed by atoms with Gasteiger partial charge in [-0.2, -0.15) is 0 Å². The minimum Gasteiger partial charge on any atom is -0.315 e. The zero-order chi connectivity index (χ0) is 9.69. The molecular formula is C8H7ClF2N2. The van der Waals surface area contributed by atoms with Gasteiger partial charge in [-0.3, -0.25) is 4.98 Å². The molecule has 13 heavy (non-hydrogen) atoms. The quantitative estimate of drug-likeness (QED) is 0.759. The van der Waals surface area contributed by atoms with E-state index in [0.717, 1.165) is 0 Å². The second-order valence-electron chi connectivity index (χ2n) is 3.21. The fourth-order valence-corrected chi connectivity index (χ4v) is 1.39. The molecule has 1 aromatic rings. The number of hydrogen-bond donors (Lipinski definition) is 1. The molecule has 2 N–H and O–H groups in total. The average molecular weight is 205 g/mol. The largest absolute Gasteiger partial charge is 0.315 e. The Morgan fingerprint density at radius 2 is 2.15 bits per heavy atom. The van der Waals surface area contributed by atoms with Gasteiger partial charge in [0, 0.05) is 17.6 Å².